The lowest BCUT2D eigenvalue weighted by Crippen LogP contribution is -2.47. The van der Waals surface area contributed by atoms with Gasteiger partial charge in [-0.2, -0.15) is 0 Å². The van der Waals surface area contributed by atoms with E-state index in [-0.39, 0.29) is 18.0 Å². The van der Waals surface area contributed by atoms with Crippen molar-refractivity contribution in [2.45, 2.75) is 45.2 Å². The lowest BCUT2D eigenvalue weighted by Gasteiger charge is -2.39. The number of rotatable bonds is 1. The zero-order chi connectivity index (χ0) is 12.4. The maximum atomic E-state index is 12.4. The number of carbonyl (C=O) groups is 1. The van der Waals surface area contributed by atoms with Crippen LogP contribution in [-0.2, 0) is 0 Å². The van der Waals surface area contributed by atoms with Crippen LogP contribution in [0.25, 0.3) is 0 Å². The number of amides is 1. The molecule has 0 saturated carbocycles. The normalized spacial score (nSPS) is 24.7. The number of hydrogen-bond acceptors (Lipinski definition) is 3. The smallest absolute Gasteiger partial charge is 0.258 e. The molecule has 0 bridgehead atoms. The van der Waals surface area contributed by atoms with Crippen LogP contribution in [0, 0.1) is 0 Å². The molecule has 0 aromatic carbocycles. The molecule has 1 aliphatic rings. The molecule has 0 radical (unpaired) electrons. The molecule has 0 unspecified atom stereocenters. The van der Waals surface area contributed by atoms with Crippen LogP contribution >= 0.6 is 0 Å². The lowest BCUT2D eigenvalue weighted by molar-refractivity contribution is 0.0511. The minimum Gasteiger partial charge on any atom is -0.383 e. The Morgan fingerprint density at radius 2 is 2.06 bits per heavy atom. The van der Waals surface area contributed by atoms with E-state index in [1.54, 1.807) is 18.3 Å². The Bertz CT molecular complexity index is 409. The fourth-order valence-corrected chi connectivity index (χ4v) is 2.56. The number of nitrogen functional groups attached to an aromatic ring is 1. The van der Waals surface area contributed by atoms with Crippen molar-refractivity contribution < 1.29 is 4.79 Å². The molecule has 2 heterocycles. The van der Waals surface area contributed by atoms with Crippen LogP contribution in [0.2, 0.25) is 0 Å². The van der Waals surface area contributed by atoms with Gasteiger partial charge in [-0.25, -0.2) is 4.98 Å². The minimum atomic E-state index is 0.00954. The van der Waals surface area contributed by atoms with Gasteiger partial charge >= 0.3 is 0 Å². The van der Waals surface area contributed by atoms with Crippen LogP contribution in [0.1, 0.15) is 43.5 Å². The van der Waals surface area contributed by atoms with Gasteiger partial charge in [0.25, 0.3) is 5.91 Å². The number of aromatic nitrogens is 1. The molecule has 2 N–H and O–H groups in total. The first-order valence-electron chi connectivity index (χ1n) is 6.14. The van der Waals surface area contributed by atoms with Gasteiger partial charge in [0.05, 0.1) is 5.56 Å². The molecule has 0 spiro atoms. The number of carbonyl (C=O) groups excluding carboxylic acids is 1. The molecule has 17 heavy (non-hydrogen) atoms. The standard InChI is InChI=1S/C13H19N3O/c1-9-5-3-6-10(2)16(9)13(17)11-7-4-8-15-12(11)14/h4,7-10H,3,5-6H2,1-2H3,(H2,14,15)/t9-,10+. The largest absolute Gasteiger partial charge is 0.383 e. The molecule has 92 valence electrons. The number of likely N-dealkylation sites (tertiary alicyclic amines) is 1. The van der Waals surface area contributed by atoms with Crippen molar-refractivity contribution in [3.05, 3.63) is 23.9 Å². The van der Waals surface area contributed by atoms with E-state index in [2.05, 4.69) is 18.8 Å². The zero-order valence-electron chi connectivity index (χ0n) is 10.4. The Balaban J connectivity index is 2.27. The fourth-order valence-electron chi connectivity index (χ4n) is 2.56. The highest BCUT2D eigenvalue weighted by molar-refractivity contribution is 5.98. The first kappa shape index (κ1) is 11.9. The fraction of sp³-hybridized carbons (Fsp3) is 0.538. The summed E-state index contributed by atoms with van der Waals surface area (Å²) in [6, 6.07) is 4.07. The van der Waals surface area contributed by atoms with E-state index in [0.29, 0.717) is 11.4 Å². The average Bonchev–Trinajstić information content (AvgIpc) is 2.29. The zero-order valence-corrected chi connectivity index (χ0v) is 10.4. The van der Waals surface area contributed by atoms with E-state index in [1.807, 2.05) is 4.90 Å². The van der Waals surface area contributed by atoms with Crippen LogP contribution in [0.5, 0.6) is 0 Å². The summed E-state index contributed by atoms with van der Waals surface area (Å²) in [7, 11) is 0. The lowest BCUT2D eigenvalue weighted by atomic mass is 9.96. The van der Waals surface area contributed by atoms with Crippen molar-refractivity contribution in [1.82, 2.24) is 9.88 Å². The van der Waals surface area contributed by atoms with Crippen molar-refractivity contribution in [2.75, 3.05) is 5.73 Å². The quantitative estimate of drug-likeness (QED) is 0.807. The highest BCUT2D eigenvalue weighted by atomic mass is 16.2. The van der Waals surface area contributed by atoms with Gasteiger partial charge in [-0.05, 0) is 45.2 Å². The number of nitrogens with zero attached hydrogens (tertiary/aromatic N) is 2. The highest BCUT2D eigenvalue weighted by Gasteiger charge is 2.30. The van der Waals surface area contributed by atoms with E-state index < -0.39 is 0 Å². The summed E-state index contributed by atoms with van der Waals surface area (Å²) in [6.45, 7) is 4.19. The molecule has 1 fully saturated rings. The van der Waals surface area contributed by atoms with E-state index >= 15 is 0 Å². The second-order valence-corrected chi connectivity index (χ2v) is 4.78. The summed E-state index contributed by atoms with van der Waals surface area (Å²) in [4.78, 5) is 18.4. The first-order chi connectivity index (χ1) is 8.11. The van der Waals surface area contributed by atoms with Crippen LogP contribution in [0.4, 0.5) is 5.82 Å². The third-order valence-electron chi connectivity index (χ3n) is 3.50. The predicted octanol–water partition coefficient (Wildman–Crippen LogP) is 2.07. The summed E-state index contributed by atoms with van der Waals surface area (Å²) in [5.74, 6) is 0.331. The van der Waals surface area contributed by atoms with Crippen LogP contribution in [0.15, 0.2) is 18.3 Å². The number of nitrogens with two attached hydrogens (primary N) is 1. The van der Waals surface area contributed by atoms with E-state index in [1.165, 1.54) is 6.42 Å². The van der Waals surface area contributed by atoms with Gasteiger partial charge in [0.1, 0.15) is 5.82 Å². The molecule has 4 nitrogen and oxygen atoms in total. The monoisotopic (exact) mass is 233 g/mol. The molecule has 4 heteroatoms. The third kappa shape index (κ3) is 2.25. The molecule has 2 rings (SSSR count). The predicted molar refractivity (Wildman–Crippen MR) is 67.6 cm³/mol. The highest BCUT2D eigenvalue weighted by Crippen LogP contribution is 2.25. The van der Waals surface area contributed by atoms with Crippen molar-refractivity contribution in [3.63, 3.8) is 0 Å². The Morgan fingerprint density at radius 1 is 1.41 bits per heavy atom. The minimum absolute atomic E-state index is 0.00954. The number of hydrogen-bond donors (Lipinski definition) is 1. The topological polar surface area (TPSA) is 59.2 Å². The maximum absolute atomic E-state index is 12.4. The molecule has 1 aliphatic heterocycles. The van der Waals surface area contributed by atoms with Crippen molar-refractivity contribution in [2.24, 2.45) is 0 Å². The van der Waals surface area contributed by atoms with Gasteiger partial charge in [-0.3, -0.25) is 4.79 Å². The summed E-state index contributed by atoms with van der Waals surface area (Å²) < 4.78 is 0. The first-order valence-corrected chi connectivity index (χ1v) is 6.14. The third-order valence-corrected chi connectivity index (χ3v) is 3.50. The van der Waals surface area contributed by atoms with E-state index in [4.69, 9.17) is 5.73 Å². The van der Waals surface area contributed by atoms with E-state index in [9.17, 15) is 4.79 Å². The Hall–Kier alpha value is -1.58. The molecule has 1 saturated heterocycles. The number of piperidine rings is 1. The van der Waals surface area contributed by atoms with Gasteiger partial charge in [0.2, 0.25) is 0 Å². The Kier molecular flexibility index (Phi) is 3.31. The second-order valence-electron chi connectivity index (χ2n) is 4.78. The van der Waals surface area contributed by atoms with Gasteiger partial charge in [-0.1, -0.05) is 0 Å². The molecular weight excluding hydrogens is 214 g/mol. The molecular formula is C13H19N3O. The second kappa shape index (κ2) is 4.73. The van der Waals surface area contributed by atoms with Crippen LogP contribution in [-0.4, -0.2) is 27.9 Å². The van der Waals surface area contributed by atoms with Crippen LogP contribution in [0.3, 0.4) is 0 Å². The summed E-state index contributed by atoms with van der Waals surface area (Å²) in [6.07, 6.45) is 4.93. The van der Waals surface area contributed by atoms with E-state index in [0.717, 1.165) is 12.8 Å². The Morgan fingerprint density at radius 3 is 2.65 bits per heavy atom. The van der Waals surface area contributed by atoms with Crippen LogP contribution < -0.4 is 5.73 Å². The molecule has 2 atom stereocenters. The summed E-state index contributed by atoms with van der Waals surface area (Å²) in [5.41, 5.74) is 6.28. The number of anilines is 1. The Labute approximate surface area is 102 Å². The molecule has 1 aromatic rings. The SMILES string of the molecule is C[C@@H]1CCC[C@H](C)N1C(=O)c1cccnc1N. The number of pyridine rings is 1. The average molecular weight is 233 g/mol. The van der Waals surface area contributed by atoms with Gasteiger partial charge in [0, 0.05) is 18.3 Å². The molecule has 1 amide bonds. The van der Waals surface area contributed by atoms with Gasteiger partial charge < -0.3 is 10.6 Å². The van der Waals surface area contributed by atoms with Gasteiger partial charge in [-0.15, -0.1) is 0 Å². The molecule has 1 aromatic heterocycles. The van der Waals surface area contributed by atoms with Crippen molar-refractivity contribution >= 4 is 11.7 Å². The van der Waals surface area contributed by atoms with Crippen molar-refractivity contribution in [1.29, 1.82) is 0 Å². The molecule has 0 aliphatic carbocycles. The summed E-state index contributed by atoms with van der Waals surface area (Å²) in [5, 5.41) is 0. The van der Waals surface area contributed by atoms with Crippen molar-refractivity contribution in [3.8, 4) is 0 Å². The van der Waals surface area contributed by atoms with Gasteiger partial charge in [0.15, 0.2) is 0 Å². The summed E-state index contributed by atoms with van der Waals surface area (Å²) >= 11 is 0. The maximum Gasteiger partial charge on any atom is 0.258 e.